The quantitative estimate of drug-likeness (QED) is 0.939. The molecule has 0 amide bonds. The predicted molar refractivity (Wildman–Crippen MR) is 62.5 cm³/mol. The average molecular weight is 284 g/mol. The van der Waals surface area contributed by atoms with Crippen LogP contribution < -0.4 is 5.76 Å². The lowest BCUT2D eigenvalue weighted by Crippen LogP contribution is -2.15. The molecule has 0 atom stereocenters. The number of benzene rings is 1. The molecule has 2 rings (SSSR count). The Morgan fingerprint density at radius 1 is 1.31 bits per heavy atom. The number of nitrogens with zero attached hydrogens (tertiary/aromatic N) is 1. The lowest BCUT2D eigenvalue weighted by atomic mass is 10.1. The van der Waals surface area contributed by atoms with Crippen LogP contribution >= 0.6 is 15.9 Å². The van der Waals surface area contributed by atoms with Crippen LogP contribution in [0, 0.1) is 0 Å². The van der Waals surface area contributed by atoms with Crippen molar-refractivity contribution in [2.45, 2.75) is 13.0 Å². The van der Waals surface area contributed by atoms with E-state index >= 15 is 0 Å². The molecule has 1 N–H and O–H groups in total. The Bertz CT molecular complexity index is 527. The highest BCUT2D eigenvalue weighted by atomic mass is 79.9. The van der Waals surface area contributed by atoms with E-state index in [1.807, 2.05) is 24.3 Å². The van der Waals surface area contributed by atoms with Crippen LogP contribution in [0.1, 0.15) is 5.56 Å². The molecule has 2 aromatic rings. The van der Waals surface area contributed by atoms with Crippen LogP contribution in [0.3, 0.4) is 0 Å². The minimum atomic E-state index is -0.533. The van der Waals surface area contributed by atoms with Crippen molar-refractivity contribution in [2.24, 2.45) is 0 Å². The molecule has 0 saturated carbocycles. The summed E-state index contributed by atoms with van der Waals surface area (Å²) in [5.41, 5.74) is 1.09. The molecule has 0 aliphatic rings. The fourth-order valence-electron chi connectivity index (χ4n) is 1.42. The fraction of sp³-hybridized carbons (Fsp3) is 0.182. The molecule has 16 heavy (non-hydrogen) atoms. The maximum atomic E-state index is 11.1. The SMILES string of the molecule is O=c1occ(O)n1CCc1ccc(Br)cc1. The highest BCUT2D eigenvalue weighted by Gasteiger charge is 2.06. The number of aromatic hydroxyl groups is 1. The van der Waals surface area contributed by atoms with Crippen LogP contribution in [0.4, 0.5) is 0 Å². The van der Waals surface area contributed by atoms with Gasteiger partial charge in [-0.2, -0.15) is 0 Å². The minimum absolute atomic E-state index is 0.137. The first-order valence-electron chi connectivity index (χ1n) is 4.78. The molecule has 0 fully saturated rings. The van der Waals surface area contributed by atoms with Gasteiger partial charge in [0.2, 0.25) is 5.88 Å². The second-order valence-corrected chi connectivity index (χ2v) is 4.30. The molecular formula is C11H10BrNO3. The summed E-state index contributed by atoms with van der Waals surface area (Å²) in [6.45, 7) is 0.406. The third kappa shape index (κ3) is 2.36. The second kappa shape index (κ2) is 4.57. The number of hydrogen-bond donors (Lipinski definition) is 1. The summed E-state index contributed by atoms with van der Waals surface area (Å²) >= 11 is 3.35. The van der Waals surface area contributed by atoms with Gasteiger partial charge in [-0.05, 0) is 24.1 Å². The Balaban J connectivity index is 2.08. The number of rotatable bonds is 3. The van der Waals surface area contributed by atoms with Crippen LogP contribution in [-0.4, -0.2) is 9.67 Å². The van der Waals surface area contributed by atoms with Crippen molar-refractivity contribution in [1.82, 2.24) is 4.57 Å². The Labute approximate surface area is 100 Å². The van der Waals surface area contributed by atoms with E-state index in [1.54, 1.807) is 0 Å². The molecule has 0 saturated heterocycles. The van der Waals surface area contributed by atoms with Crippen LogP contribution in [0.2, 0.25) is 0 Å². The summed E-state index contributed by atoms with van der Waals surface area (Å²) in [5.74, 6) is -0.670. The van der Waals surface area contributed by atoms with Gasteiger partial charge >= 0.3 is 5.76 Å². The van der Waals surface area contributed by atoms with E-state index in [-0.39, 0.29) is 5.88 Å². The molecule has 1 heterocycles. The van der Waals surface area contributed by atoms with Gasteiger partial charge in [0.1, 0.15) is 0 Å². The van der Waals surface area contributed by atoms with E-state index in [0.29, 0.717) is 13.0 Å². The summed E-state index contributed by atoms with van der Waals surface area (Å²) in [7, 11) is 0. The van der Waals surface area contributed by atoms with Crippen molar-refractivity contribution in [1.29, 1.82) is 0 Å². The Morgan fingerprint density at radius 2 is 2.00 bits per heavy atom. The lowest BCUT2D eigenvalue weighted by Gasteiger charge is -2.02. The zero-order valence-corrected chi connectivity index (χ0v) is 9.98. The van der Waals surface area contributed by atoms with E-state index in [0.717, 1.165) is 16.3 Å². The van der Waals surface area contributed by atoms with Gasteiger partial charge in [-0.3, -0.25) is 0 Å². The minimum Gasteiger partial charge on any atom is -0.492 e. The van der Waals surface area contributed by atoms with Crippen molar-refractivity contribution < 1.29 is 9.52 Å². The summed E-state index contributed by atoms with van der Waals surface area (Å²) in [6.07, 6.45) is 1.71. The summed E-state index contributed by atoms with van der Waals surface area (Å²) in [6, 6.07) is 7.80. The van der Waals surface area contributed by atoms with Gasteiger partial charge in [0.05, 0.1) is 0 Å². The molecule has 0 aliphatic heterocycles. The van der Waals surface area contributed by atoms with Crippen LogP contribution in [0.5, 0.6) is 5.88 Å². The Kier molecular flexibility index (Phi) is 3.14. The van der Waals surface area contributed by atoms with Crippen molar-refractivity contribution >= 4 is 15.9 Å². The largest absolute Gasteiger partial charge is 0.492 e. The summed E-state index contributed by atoms with van der Waals surface area (Å²) in [5, 5.41) is 9.32. The van der Waals surface area contributed by atoms with E-state index in [9.17, 15) is 9.90 Å². The topological polar surface area (TPSA) is 55.4 Å². The number of hydrogen-bond acceptors (Lipinski definition) is 3. The predicted octanol–water partition coefficient (Wildman–Crippen LogP) is 2.15. The second-order valence-electron chi connectivity index (χ2n) is 3.39. The van der Waals surface area contributed by atoms with Gasteiger partial charge in [-0.1, -0.05) is 28.1 Å². The van der Waals surface area contributed by atoms with E-state index < -0.39 is 5.76 Å². The number of aromatic nitrogens is 1. The third-order valence-corrected chi connectivity index (χ3v) is 2.83. The van der Waals surface area contributed by atoms with E-state index in [4.69, 9.17) is 0 Å². The summed E-state index contributed by atoms with van der Waals surface area (Å²) < 4.78 is 6.76. The Hall–Kier alpha value is -1.49. The first-order chi connectivity index (χ1) is 7.66. The lowest BCUT2D eigenvalue weighted by molar-refractivity contribution is 0.413. The molecular weight excluding hydrogens is 274 g/mol. The van der Waals surface area contributed by atoms with E-state index in [1.165, 1.54) is 4.57 Å². The monoisotopic (exact) mass is 283 g/mol. The summed E-state index contributed by atoms with van der Waals surface area (Å²) in [4.78, 5) is 11.1. The van der Waals surface area contributed by atoms with Gasteiger partial charge in [0, 0.05) is 11.0 Å². The van der Waals surface area contributed by atoms with Crippen molar-refractivity contribution in [3.63, 3.8) is 0 Å². The first-order valence-corrected chi connectivity index (χ1v) is 5.58. The molecule has 0 bridgehead atoms. The van der Waals surface area contributed by atoms with E-state index in [2.05, 4.69) is 20.3 Å². The molecule has 0 spiro atoms. The molecule has 1 aromatic carbocycles. The molecule has 84 valence electrons. The van der Waals surface area contributed by atoms with Crippen LogP contribution in [0.25, 0.3) is 0 Å². The third-order valence-electron chi connectivity index (χ3n) is 2.30. The van der Waals surface area contributed by atoms with Crippen molar-refractivity contribution in [3.8, 4) is 5.88 Å². The molecule has 0 unspecified atom stereocenters. The highest BCUT2D eigenvalue weighted by molar-refractivity contribution is 9.10. The number of halogens is 1. The van der Waals surface area contributed by atoms with Crippen LogP contribution in [-0.2, 0) is 13.0 Å². The maximum Gasteiger partial charge on any atom is 0.421 e. The smallest absolute Gasteiger partial charge is 0.421 e. The fourth-order valence-corrected chi connectivity index (χ4v) is 1.69. The number of aryl methyl sites for hydroxylation is 1. The Morgan fingerprint density at radius 3 is 2.56 bits per heavy atom. The highest BCUT2D eigenvalue weighted by Crippen LogP contribution is 2.12. The average Bonchev–Trinajstić information content (AvgIpc) is 2.59. The number of oxazole rings is 1. The molecule has 0 aliphatic carbocycles. The van der Waals surface area contributed by atoms with Crippen LogP contribution in [0.15, 0.2) is 44.2 Å². The van der Waals surface area contributed by atoms with Gasteiger partial charge in [0.25, 0.3) is 0 Å². The zero-order valence-electron chi connectivity index (χ0n) is 8.39. The van der Waals surface area contributed by atoms with Gasteiger partial charge < -0.3 is 9.52 Å². The zero-order chi connectivity index (χ0) is 11.5. The van der Waals surface area contributed by atoms with Crippen molar-refractivity contribution in [2.75, 3.05) is 0 Å². The van der Waals surface area contributed by atoms with Gasteiger partial charge in [0.15, 0.2) is 6.26 Å². The maximum absolute atomic E-state index is 11.1. The standard InChI is InChI=1S/C11H10BrNO3/c12-9-3-1-8(2-4-9)5-6-13-10(14)7-16-11(13)15/h1-4,7,14H,5-6H2. The first kappa shape index (κ1) is 11.0. The molecule has 1 aromatic heterocycles. The van der Waals surface area contributed by atoms with Crippen molar-refractivity contribution in [3.05, 3.63) is 51.1 Å². The normalized spacial score (nSPS) is 10.6. The van der Waals surface area contributed by atoms with Gasteiger partial charge in [-0.25, -0.2) is 9.36 Å². The molecule has 4 nitrogen and oxygen atoms in total. The molecule has 0 radical (unpaired) electrons. The van der Waals surface area contributed by atoms with Gasteiger partial charge in [-0.15, -0.1) is 0 Å². The molecule has 5 heteroatoms.